The van der Waals surface area contributed by atoms with E-state index in [0.29, 0.717) is 4.47 Å². The highest BCUT2D eigenvalue weighted by Gasteiger charge is 2.24. The van der Waals surface area contributed by atoms with Gasteiger partial charge in [0.1, 0.15) is 10.7 Å². The van der Waals surface area contributed by atoms with Crippen LogP contribution in [0.2, 0.25) is 0 Å². The summed E-state index contributed by atoms with van der Waals surface area (Å²) in [7, 11) is -3.81. The Bertz CT molecular complexity index is 494. The van der Waals surface area contributed by atoms with Gasteiger partial charge in [-0.05, 0) is 39.0 Å². The summed E-state index contributed by atoms with van der Waals surface area (Å²) in [5, 5.41) is 0. The number of nitrogens with one attached hydrogen (secondary N) is 1. The summed E-state index contributed by atoms with van der Waals surface area (Å²) in [5.41, 5.74) is -0.641. The monoisotopic (exact) mass is 309 g/mol. The summed E-state index contributed by atoms with van der Waals surface area (Å²) >= 11 is 3.07. The highest BCUT2D eigenvalue weighted by atomic mass is 79.9. The molecule has 1 aromatic rings. The fourth-order valence-electron chi connectivity index (χ4n) is 1.15. The van der Waals surface area contributed by atoms with Crippen molar-refractivity contribution in [2.75, 3.05) is 0 Å². The molecule has 0 amide bonds. The SMILES string of the molecule is CC(C)(C)NS(=O)(=O)c1ccc(Br)cc1F. The first-order chi connectivity index (χ1) is 7.12. The van der Waals surface area contributed by atoms with Crippen LogP contribution in [0.15, 0.2) is 27.6 Å². The lowest BCUT2D eigenvalue weighted by Gasteiger charge is -2.20. The van der Waals surface area contributed by atoms with Gasteiger partial charge in [0.15, 0.2) is 0 Å². The van der Waals surface area contributed by atoms with Crippen molar-refractivity contribution in [2.45, 2.75) is 31.2 Å². The molecule has 90 valence electrons. The van der Waals surface area contributed by atoms with E-state index in [0.717, 1.165) is 6.07 Å². The van der Waals surface area contributed by atoms with Gasteiger partial charge in [0.05, 0.1) is 0 Å². The number of hydrogen-bond acceptors (Lipinski definition) is 2. The van der Waals surface area contributed by atoms with Crippen molar-refractivity contribution in [3.8, 4) is 0 Å². The maximum absolute atomic E-state index is 13.5. The molecule has 1 rings (SSSR count). The van der Waals surface area contributed by atoms with Gasteiger partial charge in [-0.15, -0.1) is 0 Å². The first-order valence-electron chi connectivity index (χ1n) is 4.61. The topological polar surface area (TPSA) is 46.2 Å². The first kappa shape index (κ1) is 13.6. The van der Waals surface area contributed by atoms with Crippen molar-refractivity contribution in [3.05, 3.63) is 28.5 Å². The van der Waals surface area contributed by atoms with Crippen LogP contribution in [-0.2, 0) is 10.0 Å². The van der Waals surface area contributed by atoms with E-state index in [1.165, 1.54) is 12.1 Å². The quantitative estimate of drug-likeness (QED) is 0.913. The fraction of sp³-hybridized carbons (Fsp3) is 0.400. The van der Waals surface area contributed by atoms with Crippen LogP contribution in [0.25, 0.3) is 0 Å². The number of benzene rings is 1. The van der Waals surface area contributed by atoms with E-state index in [2.05, 4.69) is 20.7 Å². The van der Waals surface area contributed by atoms with Crippen molar-refractivity contribution in [2.24, 2.45) is 0 Å². The molecular formula is C10H13BrFNO2S. The van der Waals surface area contributed by atoms with E-state index >= 15 is 0 Å². The molecule has 16 heavy (non-hydrogen) atoms. The van der Waals surface area contributed by atoms with Gasteiger partial charge in [0.25, 0.3) is 0 Å². The molecule has 0 radical (unpaired) electrons. The minimum absolute atomic E-state index is 0.342. The third-order valence-electron chi connectivity index (χ3n) is 1.62. The molecule has 0 aliphatic carbocycles. The van der Waals surface area contributed by atoms with Gasteiger partial charge in [0, 0.05) is 10.0 Å². The molecule has 0 aliphatic rings. The van der Waals surface area contributed by atoms with Crippen molar-refractivity contribution < 1.29 is 12.8 Å². The highest BCUT2D eigenvalue weighted by molar-refractivity contribution is 9.10. The van der Waals surface area contributed by atoms with E-state index in [1.807, 2.05) is 0 Å². The van der Waals surface area contributed by atoms with Crippen LogP contribution in [0.5, 0.6) is 0 Å². The molecule has 0 heterocycles. The average Bonchev–Trinajstić information content (AvgIpc) is 1.97. The molecule has 0 aromatic heterocycles. The van der Waals surface area contributed by atoms with Gasteiger partial charge in [0.2, 0.25) is 10.0 Å². The summed E-state index contributed by atoms with van der Waals surface area (Å²) in [6, 6.07) is 3.84. The van der Waals surface area contributed by atoms with Gasteiger partial charge in [-0.1, -0.05) is 15.9 Å². The molecule has 0 saturated heterocycles. The lowest BCUT2D eigenvalue weighted by Crippen LogP contribution is -2.40. The molecule has 0 aliphatic heterocycles. The van der Waals surface area contributed by atoms with Crippen LogP contribution in [0, 0.1) is 5.82 Å². The smallest absolute Gasteiger partial charge is 0.207 e. The summed E-state index contributed by atoms with van der Waals surface area (Å²) in [4.78, 5) is -0.342. The zero-order chi connectivity index (χ0) is 12.6. The van der Waals surface area contributed by atoms with Gasteiger partial charge < -0.3 is 0 Å². The molecule has 1 N–H and O–H groups in total. The third kappa shape index (κ3) is 3.54. The number of hydrogen-bond donors (Lipinski definition) is 1. The van der Waals surface area contributed by atoms with Crippen LogP contribution in [0.1, 0.15) is 20.8 Å². The molecule has 0 unspecified atom stereocenters. The van der Waals surface area contributed by atoms with Crippen molar-refractivity contribution >= 4 is 26.0 Å². The molecular weight excluding hydrogens is 297 g/mol. The van der Waals surface area contributed by atoms with E-state index in [1.54, 1.807) is 20.8 Å². The minimum Gasteiger partial charge on any atom is -0.207 e. The Morgan fingerprint density at radius 1 is 1.31 bits per heavy atom. The van der Waals surface area contributed by atoms with E-state index in [4.69, 9.17) is 0 Å². The zero-order valence-corrected chi connectivity index (χ0v) is 11.6. The normalized spacial score (nSPS) is 12.8. The minimum atomic E-state index is -3.81. The lowest BCUT2D eigenvalue weighted by atomic mass is 10.1. The second-order valence-corrected chi connectivity index (χ2v) is 7.00. The largest absolute Gasteiger partial charge is 0.243 e. The summed E-state index contributed by atoms with van der Waals surface area (Å²) < 4.78 is 40.0. The molecule has 0 fully saturated rings. The number of rotatable bonds is 2. The van der Waals surface area contributed by atoms with Gasteiger partial charge in [-0.3, -0.25) is 0 Å². The molecule has 0 saturated carbocycles. The van der Waals surface area contributed by atoms with Crippen molar-refractivity contribution in [1.29, 1.82) is 0 Å². The second kappa shape index (κ2) is 4.43. The molecule has 0 bridgehead atoms. The maximum Gasteiger partial charge on any atom is 0.243 e. The standard InChI is InChI=1S/C10H13BrFNO2S/c1-10(2,3)13-16(14,15)9-5-4-7(11)6-8(9)12/h4-6,13H,1-3H3. The van der Waals surface area contributed by atoms with Gasteiger partial charge >= 0.3 is 0 Å². The van der Waals surface area contributed by atoms with Crippen LogP contribution < -0.4 is 4.72 Å². The first-order valence-corrected chi connectivity index (χ1v) is 6.88. The van der Waals surface area contributed by atoms with Gasteiger partial charge in [-0.25, -0.2) is 17.5 Å². The molecule has 1 aromatic carbocycles. The van der Waals surface area contributed by atoms with E-state index in [9.17, 15) is 12.8 Å². The highest BCUT2D eigenvalue weighted by Crippen LogP contribution is 2.20. The van der Waals surface area contributed by atoms with Crippen LogP contribution >= 0.6 is 15.9 Å². The third-order valence-corrected chi connectivity index (χ3v) is 3.91. The zero-order valence-electron chi connectivity index (χ0n) is 9.21. The fourth-order valence-corrected chi connectivity index (χ4v) is 2.96. The molecule has 6 heteroatoms. The summed E-state index contributed by atoms with van der Waals surface area (Å²) in [5.74, 6) is -0.772. The molecule has 3 nitrogen and oxygen atoms in total. The van der Waals surface area contributed by atoms with Crippen LogP contribution in [-0.4, -0.2) is 14.0 Å². The Morgan fingerprint density at radius 3 is 2.31 bits per heavy atom. The Kier molecular flexibility index (Phi) is 3.76. The maximum atomic E-state index is 13.5. The Labute approximate surface area is 103 Å². The predicted octanol–water partition coefficient (Wildman–Crippen LogP) is 2.67. The van der Waals surface area contributed by atoms with E-state index in [-0.39, 0.29) is 4.90 Å². The summed E-state index contributed by atoms with van der Waals surface area (Å²) in [6.07, 6.45) is 0. The Morgan fingerprint density at radius 2 is 1.88 bits per heavy atom. The van der Waals surface area contributed by atoms with Gasteiger partial charge in [-0.2, -0.15) is 0 Å². The van der Waals surface area contributed by atoms with Crippen molar-refractivity contribution in [3.63, 3.8) is 0 Å². The molecule has 0 spiro atoms. The van der Waals surface area contributed by atoms with Crippen LogP contribution in [0.3, 0.4) is 0 Å². The number of sulfonamides is 1. The van der Waals surface area contributed by atoms with Crippen molar-refractivity contribution in [1.82, 2.24) is 4.72 Å². The average molecular weight is 310 g/mol. The lowest BCUT2D eigenvalue weighted by molar-refractivity contribution is 0.486. The summed E-state index contributed by atoms with van der Waals surface area (Å²) in [6.45, 7) is 5.09. The number of halogens is 2. The van der Waals surface area contributed by atoms with E-state index < -0.39 is 21.4 Å². The van der Waals surface area contributed by atoms with Crippen LogP contribution in [0.4, 0.5) is 4.39 Å². The molecule has 0 atom stereocenters. The second-order valence-electron chi connectivity index (χ2n) is 4.43. The predicted molar refractivity (Wildman–Crippen MR) is 64.2 cm³/mol. The Hall–Kier alpha value is -0.460. The Balaban J connectivity index is 3.18.